The number of hydrogen-bond acceptors (Lipinski definition) is 6. The highest BCUT2D eigenvalue weighted by Crippen LogP contribution is 2.39. The monoisotopic (exact) mass is 419 g/mol. The predicted octanol–water partition coefficient (Wildman–Crippen LogP) is 4.64. The quantitative estimate of drug-likeness (QED) is 0.436. The summed E-state index contributed by atoms with van der Waals surface area (Å²) in [6, 6.07) is 8.68. The van der Waals surface area contributed by atoms with Crippen molar-refractivity contribution in [2.45, 2.75) is 6.92 Å². The van der Waals surface area contributed by atoms with Crippen LogP contribution in [0.4, 0.5) is 5.69 Å². The van der Waals surface area contributed by atoms with Crippen LogP contribution in [0.25, 0.3) is 6.08 Å². The molecule has 7 heteroatoms. The highest BCUT2D eigenvalue weighted by atomic mass is 35.5. The van der Waals surface area contributed by atoms with E-state index in [1.54, 1.807) is 36.4 Å². The van der Waals surface area contributed by atoms with Gasteiger partial charge in [0.2, 0.25) is 11.5 Å². The summed E-state index contributed by atoms with van der Waals surface area (Å²) in [5, 5.41) is 0.0631. The molecule has 156 valence electrons. The van der Waals surface area contributed by atoms with E-state index in [4.69, 9.17) is 30.5 Å². The van der Waals surface area contributed by atoms with Crippen molar-refractivity contribution in [1.82, 2.24) is 0 Å². The van der Waals surface area contributed by atoms with E-state index in [2.05, 4.69) is 0 Å². The Kier molecular flexibility index (Phi) is 7.79. The van der Waals surface area contributed by atoms with Crippen molar-refractivity contribution in [3.63, 3.8) is 0 Å². The van der Waals surface area contributed by atoms with Crippen LogP contribution in [0.3, 0.4) is 0 Å². The average molecular weight is 420 g/mol. The Morgan fingerprint density at radius 3 is 2.10 bits per heavy atom. The number of carbonyl (C=O) groups is 1. The van der Waals surface area contributed by atoms with E-state index in [0.717, 1.165) is 5.69 Å². The lowest BCUT2D eigenvalue weighted by Gasteiger charge is -2.18. The molecule has 6 nitrogen and oxygen atoms in total. The lowest BCUT2D eigenvalue weighted by atomic mass is 10.1. The van der Waals surface area contributed by atoms with Crippen molar-refractivity contribution < 1.29 is 23.7 Å². The fourth-order valence-corrected chi connectivity index (χ4v) is 3.06. The normalized spacial score (nSPS) is 11.1. The molecule has 0 atom stereocenters. The summed E-state index contributed by atoms with van der Waals surface area (Å²) in [6.07, 6.45) is 1.57. The van der Waals surface area contributed by atoms with Crippen molar-refractivity contribution in [3.8, 4) is 23.0 Å². The minimum atomic E-state index is -0.299. The first kappa shape index (κ1) is 22.4. The largest absolute Gasteiger partial charge is 0.493 e. The number of rotatable bonds is 9. The van der Waals surface area contributed by atoms with E-state index in [1.165, 1.54) is 21.3 Å². The van der Waals surface area contributed by atoms with Crippen LogP contribution in [0.1, 0.15) is 22.8 Å². The SMILES string of the molecule is CCOc1ccc(C(=O)C(Cl)=Cc2cc(OC)c(OC)c(OC)c2)cc1N(C)C. The zero-order valence-corrected chi connectivity index (χ0v) is 18.3. The molecule has 0 aromatic heterocycles. The fraction of sp³-hybridized carbons (Fsp3) is 0.318. The number of allylic oxidation sites excluding steroid dienone is 1. The zero-order chi connectivity index (χ0) is 21.6. The Morgan fingerprint density at radius 1 is 1.00 bits per heavy atom. The maximum atomic E-state index is 12.9. The molecule has 2 aromatic rings. The van der Waals surface area contributed by atoms with Gasteiger partial charge in [0.25, 0.3) is 0 Å². The van der Waals surface area contributed by atoms with Crippen LogP contribution in [0, 0.1) is 0 Å². The highest BCUT2D eigenvalue weighted by Gasteiger charge is 2.17. The molecule has 0 unspecified atom stereocenters. The third-order valence-corrected chi connectivity index (χ3v) is 4.48. The van der Waals surface area contributed by atoms with Gasteiger partial charge in [0, 0.05) is 19.7 Å². The minimum Gasteiger partial charge on any atom is -0.493 e. The predicted molar refractivity (Wildman–Crippen MR) is 116 cm³/mol. The molecule has 0 aliphatic carbocycles. The standard InChI is InChI=1S/C22H26ClNO5/c1-7-29-18-9-8-15(13-17(18)24(2)3)21(25)16(23)10-14-11-19(26-4)22(28-6)20(12-14)27-5/h8-13H,7H2,1-6H3. The third kappa shape index (κ3) is 5.15. The first-order valence-electron chi connectivity index (χ1n) is 9.02. The molecule has 0 amide bonds. The Balaban J connectivity index is 2.42. The van der Waals surface area contributed by atoms with E-state index >= 15 is 0 Å². The number of ether oxygens (including phenoxy) is 4. The number of methoxy groups -OCH3 is 3. The first-order valence-corrected chi connectivity index (χ1v) is 9.40. The van der Waals surface area contributed by atoms with Gasteiger partial charge in [-0.1, -0.05) is 11.6 Å². The second-order valence-corrected chi connectivity index (χ2v) is 6.70. The number of carbonyl (C=O) groups excluding carboxylic acids is 1. The molecule has 2 aromatic carbocycles. The smallest absolute Gasteiger partial charge is 0.204 e. The van der Waals surface area contributed by atoms with Gasteiger partial charge in [-0.05, 0) is 48.9 Å². The Bertz CT molecular complexity index is 883. The lowest BCUT2D eigenvalue weighted by Crippen LogP contribution is -2.12. The van der Waals surface area contributed by atoms with Gasteiger partial charge in [0.15, 0.2) is 11.5 Å². The van der Waals surface area contributed by atoms with Crippen LogP contribution in [-0.2, 0) is 0 Å². The summed E-state index contributed by atoms with van der Waals surface area (Å²) >= 11 is 6.35. The number of anilines is 1. The van der Waals surface area contributed by atoms with Gasteiger partial charge in [-0.2, -0.15) is 0 Å². The second-order valence-electron chi connectivity index (χ2n) is 6.29. The molecule has 0 bridgehead atoms. The Labute approximate surface area is 176 Å². The molecule has 0 fully saturated rings. The Hall–Kier alpha value is -2.86. The van der Waals surface area contributed by atoms with Crippen molar-refractivity contribution >= 4 is 29.1 Å². The summed E-state index contributed by atoms with van der Waals surface area (Å²) in [6.45, 7) is 2.45. The zero-order valence-electron chi connectivity index (χ0n) is 17.5. The van der Waals surface area contributed by atoms with Crippen LogP contribution in [0.15, 0.2) is 35.4 Å². The van der Waals surface area contributed by atoms with E-state index in [-0.39, 0.29) is 10.8 Å². The van der Waals surface area contributed by atoms with Gasteiger partial charge in [0.1, 0.15) is 5.75 Å². The van der Waals surface area contributed by atoms with Crippen LogP contribution in [0.2, 0.25) is 0 Å². The first-order chi connectivity index (χ1) is 13.9. The summed E-state index contributed by atoms with van der Waals surface area (Å²) in [7, 11) is 8.36. The third-order valence-electron chi connectivity index (χ3n) is 4.20. The van der Waals surface area contributed by atoms with Gasteiger partial charge < -0.3 is 23.8 Å². The summed E-state index contributed by atoms with van der Waals surface area (Å²) in [5.41, 5.74) is 1.91. The second kappa shape index (κ2) is 10.1. The van der Waals surface area contributed by atoms with Gasteiger partial charge in [0.05, 0.1) is 38.7 Å². The number of Topliss-reactive ketones (excluding diaryl/α,β-unsaturated/α-hetero) is 1. The van der Waals surface area contributed by atoms with Crippen LogP contribution >= 0.6 is 11.6 Å². The number of nitrogens with zero attached hydrogens (tertiary/aromatic N) is 1. The molecule has 0 spiro atoms. The Morgan fingerprint density at radius 2 is 1.62 bits per heavy atom. The van der Waals surface area contributed by atoms with Crippen molar-refractivity contribution in [1.29, 1.82) is 0 Å². The van der Waals surface area contributed by atoms with Crippen molar-refractivity contribution in [2.24, 2.45) is 0 Å². The molecule has 29 heavy (non-hydrogen) atoms. The number of benzene rings is 2. The van der Waals surface area contributed by atoms with Crippen molar-refractivity contribution in [2.75, 3.05) is 46.9 Å². The molecule has 0 aliphatic rings. The van der Waals surface area contributed by atoms with Gasteiger partial charge >= 0.3 is 0 Å². The number of ketones is 1. The number of halogens is 1. The van der Waals surface area contributed by atoms with Crippen molar-refractivity contribution in [3.05, 3.63) is 46.5 Å². The van der Waals surface area contributed by atoms with Gasteiger partial charge in [-0.25, -0.2) is 0 Å². The van der Waals surface area contributed by atoms with Crippen LogP contribution in [-0.4, -0.2) is 47.8 Å². The van der Waals surface area contributed by atoms with Gasteiger partial charge in [-0.3, -0.25) is 4.79 Å². The lowest BCUT2D eigenvalue weighted by molar-refractivity contribution is 0.104. The molecular weight excluding hydrogens is 394 g/mol. The van der Waals surface area contributed by atoms with Crippen LogP contribution in [0.5, 0.6) is 23.0 Å². The fourth-order valence-electron chi connectivity index (χ4n) is 2.82. The summed E-state index contributed by atoms with van der Waals surface area (Å²) in [4.78, 5) is 14.8. The number of hydrogen-bond donors (Lipinski definition) is 0. The molecule has 0 saturated carbocycles. The molecule has 0 radical (unpaired) electrons. The average Bonchev–Trinajstić information content (AvgIpc) is 2.72. The molecule has 0 saturated heterocycles. The van der Waals surface area contributed by atoms with E-state index in [0.29, 0.717) is 40.7 Å². The van der Waals surface area contributed by atoms with Crippen LogP contribution < -0.4 is 23.8 Å². The molecule has 0 N–H and O–H groups in total. The van der Waals surface area contributed by atoms with Gasteiger partial charge in [-0.15, -0.1) is 0 Å². The van der Waals surface area contributed by atoms with E-state index in [9.17, 15) is 4.79 Å². The highest BCUT2D eigenvalue weighted by molar-refractivity contribution is 6.47. The maximum absolute atomic E-state index is 12.9. The minimum absolute atomic E-state index is 0.0631. The topological polar surface area (TPSA) is 57.2 Å². The molecule has 2 rings (SSSR count). The molecule has 0 heterocycles. The molecule has 0 aliphatic heterocycles. The maximum Gasteiger partial charge on any atom is 0.204 e. The molecular formula is C22H26ClNO5. The van der Waals surface area contributed by atoms with E-state index in [1.807, 2.05) is 25.9 Å². The summed E-state index contributed by atoms with van der Waals surface area (Å²) < 4.78 is 21.6. The summed E-state index contributed by atoms with van der Waals surface area (Å²) in [5.74, 6) is 1.83. The van der Waals surface area contributed by atoms with E-state index < -0.39 is 0 Å².